The predicted molar refractivity (Wildman–Crippen MR) is 460 cm³/mol. The molecule has 1 unspecified atom stereocenters. The smallest absolute Gasteiger partial charge is 0.135 e. The third-order valence-electron chi connectivity index (χ3n) is 23.6. The molecular weight excluding hydrogens is 1310 g/mol. The topological polar surface area (TPSA) is 27.3 Å². The molecule has 5 nitrogen and oxygen atoms in total. The van der Waals surface area contributed by atoms with Crippen molar-refractivity contribution in [1.82, 2.24) is 13.7 Å². The van der Waals surface area contributed by atoms with Crippen LogP contribution in [0.3, 0.4) is 0 Å². The van der Waals surface area contributed by atoms with E-state index in [1.54, 1.807) is 0 Å². The molecule has 16 aromatic rings. The molecule has 0 N–H and O–H groups in total. The summed E-state index contributed by atoms with van der Waals surface area (Å²) in [6.07, 6.45) is 0. The lowest BCUT2D eigenvalue weighted by molar-refractivity contribution is 0.452. The van der Waals surface area contributed by atoms with Gasteiger partial charge in [-0.05, 0) is 197 Å². The molecule has 0 bridgehead atoms. The Balaban J connectivity index is 1.03. The Kier molecular flexibility index (Phi) is 15.4. The van der Waals surface area contributed by atoms with E-state index in [2.05, 4.69) is 404 Å². The number of hydrogen-bond donors (Lipinski definition) is 0. The van der Waals surface area contributed by atoms with E-state index in [-0.39, 0.29) is 38.4 Å². The summed E-state index contributed by atoms with van der Waals surface area (Å²) in [5, 5.41) is 7.32. The Hall–Kier alpha value is -11.1. The zero-order valence-electron chi connectivity index (χ0n) is 66.1. The molecule has 0 radical (unpaired) electrons. The molecule has 5 heteroatoms. The van der Waals surface area contributed by atoms with Crippen LogP contribution in [-0.4, -0.2) is 13.7 Å². The van der Waals surface area contributed by atoms with Crippen LogP contribution in [0, 0.1) is 0 Å². The van der Waals surface area contributed by atoms with E-state index in [9.17, 15) is 0 Å². The summed E-state index contributed by atoms with van der Waals surface area (Å²) in [6.45, 7) is 42.0. The molecule has 536 valence electrons. The molecule has 1 atom stereocenters. The lowest BCUT2D eigenvalue weighted by Crippen LogP contribution is -2.26. The van der Waals surface area contributed by atoms with Gasteiger partial charge in [-0.25, -0.2) is 0 Å². The predicted octanol–water partition coefficient (Wildman–Crippen LogP) is 28.8. The zero-order valence-corrected chi connectivity index (χ0v) is 66.1. The second-order valence-electron chi connectivity index (χ2n) is 37.1. The summed E-state index contributed by atoms with van der Waals surface area (Å²) < 4.78 is 15.5. The maximum absolute atomic E-state index is 7.87. The number of fused-ring (bicyclic) bond motifs is 13. The molecule has 5 heterocycles. The Bertz CT molecular complexity index is 6190. The molecule has 18 rings (SSSR count). The van der Waals surface area contributed by atoms with Crippen LogP contribution in [0.5, 0.6) is 11.5 Å². The molecule has 0 saturated carbocycles. The first kappa shape index (κ1) is 68.7. The minimum Gasteiger partial charge on any atom is -0.457 e. The van der Waals surface area contributed by atoms with Gasteiger partial charge in [0, 0.05) is 77.9 Å². The van der Waals surface area contributed by atoms with Gasteiger partial charge in [0.2, 0.25) is 0 Å². The Morgan fingerprint density at radius 1 is 0.269 bits per heavy atom. The molecule has 0 saturated heterocycles. The van der Waals surface area contributed by atoms with E-state index in [1.165, 1.54) is 93.4 Å². The van der Waals surface area contributed by atoms with Gasteiger partial charge in [-0.15, -0.1) is 0 Å². The van der Waals surface area contributed by atoms with Crippen molar-refractivity contribution in [1.29, 1.82) is 0 Å². The highest BCUT2D eigenvalue weighted by Gasteiger charge is 2.43. The van der Waals surface area contributed by atoms with Gasteiger partial charge in [-0.1, -0.05) is 276 Å². The number of benzene rings is 13. The van der Waals surface area contributed by atoms with Gasteiger partial charge in [0.25, 0.3) is 0 Å². The molecule has 0 fully saturated rings. The van der Waals surface area contributed by atoms with Crippen LogP contribution in [0.15, 0.2) is 261 Å². The molecule has 2 aliphatic heterocycles. The van der Waals surface area contributed by atoms with Crippen molar-refractivity contribution >= 4 is 82.5 Å². The Morgan fingerprint density at radius 3 is 1.22 bits per heavy atom. The Morgan fingerprint density at radius 2 is 0.713 bits per heavy atom. The minimum atomic E-state index is -0.284. The average Bonchev–Trinajstić information content (AvgIpc) is 1.11. The SMILES string of the molecule is CC(C)(C)c1cc(-c2ccc3c(c2)C2c4ccc(-n5c6ccc(C(C)(C)C)cc6c6cc(C(C)(C)C)ccc65)cc4N(c4c(-c5ccccc5)cc5c(c4-c4ccccc4)c4ccccc4n5-c4ccccc4)c4cc(-n5c6ccc(C(C)(C)C)cc6c6cc(C(C)(C)C)ccc65)cc(c42)O3)cc(C(C)(C)C)c1. The largest absolute Gasteiger partial charge is 0.457 e. The molecule has 3 aromatic heterocycles. The van der Waals surface area contributed by atoms with Crippen LogP contribution in [-0.2, 0) is 32.5 Å². The van der Waals surface area contributed by atoms with Crippen LogP contribution in [0.2, 0.25) is 0 Å². The van der Waals surface area contributed by atoms with Gasteiger partial charge in [-0.3, -0.25) is 0 Å². The van der Waals surface area contributed by atoms with Crippen molar-refractivity contribution in [3.05, 3.63) is 311 Å². The van der Waals surface area contributed by atoms with Gasteiger partial charge in [0.05, 0.1) is 55.8 Å². The van der Waals surface area contributed by atoms with E-state index in [0.717, 1.165) is 101 Å². The summed E-state index contributed by atoms with van der Waals surface area (Å²) in [6, 6.07) is 101. The highest BCUT2D eigenvalue weighted by molar-refractivity contribution is 6.22. The number of rotatable bonds is 7. The van der Waals surface area contributed by atoms with Gasteiger partial charge >= 0.3 is 0 Å². The maximum Gasteiger partial charge on any atom is 0.135 e. The molecule has 0 spiro atoms. The summed E-state index contributed by atoms with van der Waals surface area (Å²) in [5.41, 5.74) is 31.0. The fraction of sp³-hybridized carbons (Fsp3) is 0.243. The first-order valence-corrected chi connectivity index (χ1v) is 38.9. The highest BCUT2D eigenvalue weighted by atomic mass is 16.5. The fourth-order valence-corrected chi connectivity index (χ4v) is 17.5. The molecular formula is C103H98N4O. The van der Waals surface area contributed by atoms with Crippen LogP contribution in [0.4, 0.5) is 17.1 Å². The van der Waals surface area contributed by atoms with Gasteiger partial charge in [0.15, 0.2) is 0 Å². The van der Waals surface area contributed by atoms with Crippen LogP contribution in [0.25, 0.3) is 116 Å². The van der Waals surface area contributed by atoms with E-state index >= 15 is 0 Å². The zero-order chi connectivity index (χ0) is 75.2. The summed E-state index contributed by atoms with van der Waals surface area (Å²) in [7, 11) is 0. The number of hydrogen-bond acceptors (Lipinski definition) is 2. The molecule has 0 aliphatic carbocycles. The number of para-hydroxylation sites is 2. The van der Waals surface area contributed by atoms with Crippen molar-refractivity contribution in [2.75, 3.05) is 4.90 Å². The summed E-state index contributed by atoms with van der Waals surface area (Å²) in [5.74, 6) is 1.41. The second kappa shape index (κ2) is 24.2. The van der Waals surface area contributed by atoms with E-state index in [4.69, 9.17) is 4.74 Å². The van der Waals surface area contributed by atoms with E-state index in [1.807, 2.05) is 0 Å². The number of nitrogens with zero attached hydrogens (tertiary/aromatic N) is 4. The van der Waals surface area contributed by atoms with Gasteiger partial charge < -0.3 is 23.3 Å². The lowest BCUT2D eigenvalue weighted by atomic mass is 9.76. The van der Waals surface area contributed by atoms with Crippen LogP contribution >= 0.6 is 0 Å². The average molecular weight is 1410 g/mol. The number of aromatic nitrogens is 3. The highest BCUT2D eigenvalue weighted by Crippen LogP contribution is 2.64. The Labute approximate surface area is 637 Å². The molecule has 0 amide bonds. The fourth-order valence-electron chi connectivity index (χ4n) is 17.5. The maximum atomic E-state index is 7.87. The lowest BCUT2D eigenvalue weighted by Gasteiger charge is -2.43. The van der Waals surface area contributed by atoms with Crippen molar-refractivity contribution in [2.24, 2.45) is 0 Å². The van der Waals surface area contributed by atoms with Gasteiger partial charge in [-0.2, -0.15) is 0 Å². The third-order valence-corrected chi connectivity index (χ3v) is 23.6. The van der Waals surface area contributed by atoms with E-state index in [0.29, 0.717) is 0 Å². The second-order valence-corrected chi connectivity index (χ2v) is 37.1. The summed E-state index contributed by atoms with van der Waals surface area (Å²) >= 11 is 0. The normalized spacial score (nSPS) is 14.2. The standard InChI is InChI=1S/C103H98N4O/c1-98(2,3)66-39-45-84-78(54-66)79-55-67(99(4,5)6)40-46-85(79)105(84)73-43-44-76-88(58-73)107(97-77(62-30-22-19-23-31-62)61-90-95(93(97)63-32-24-20-25-33-63)75-36-28-29-37-83(75)104(90)72-34-26-21-27-35-72)89-59-74(106-86-47-41-68(100(7,8)9)56-80(86)81-57-69(101(10,11)12)42-48-87(81)106)60-92-96(89)94(76)82-52-64(38-49-91(82)108-92)65-50-70(102(13,14)15)53-71(51-65)103(16,17)18/h19-61,94H,1-18H3. The minimum absolute atomic E-state index is 0.0722. The number of anilines is 3. The van der Waals surface area contributed by atoms with Crippen LogP contribution in [0.1, 0.15) is 181 Å². The molecule has 2 aliphatic rings. The monoisotopic (exact) mass is 1410 g/mol. The first-order chi connectivity index (χ1) is 51.3. The molecule has 13 aromatic carbocycles. The summed E-state index contributed by atoms with van der Waals surface area (Å²) in [4.78, 5) is 2.71. The quantitative estimate of drug-likeness (QED) is 0.159. The third kappa shape index (κ3) is 11.1. The van der Waals surface area contributed by atoms with Crippen molar-refractivity contribution < 1.29 is 4.74 Å². The van der Waals surface area contributed by atoms with Crippen LogP contribution < -0.4 is 9.64 Å². The van der Waals surface area contributed by atoms with E-state index < -0.39 is 0 Å². The van der Waals surface area contributed by atoms with Crippen molar-refractivity contribution in [3.63, 3.8) is 0 Å². The van der Waals surface area contributed by atoms with Crippen molar-refractivity contribution in [3.8, 4) is 61.9 Å². The van der Waals surface area contributed by atoms with Gasteiger partial charge in [0.1, 0.15) is 11.5 Å². The van der Waals surface area contributed by atoms with Crippen molar-refractivity contribution in [2.45, 2.75) is 163 Å². The number of ether oxygens (including phenoxy) is 1. The molecule has 108 heavy (non-hydrogen) atoms. The first-order valence-electron chi connectivity index (χ1n) is 38.9.